The van der Waals surface area contributed by atoms with Gasteiger partial charge in [0.05, 0.1) is 6.04 Å². The summed E-state index contributed by atoms with van der Waals surface area (Å²) < 4.78 is 1.19. The normalized spacial score (nSPS) is 17.4. The molecule has 3 rings (SSSR count). The van der Waals surface area contributed by atoms with Crippen molar-refractivity contribution >= 4 is 27.7 Å². The Kier molecular flexibility index (Phi) is 5.58. The van der Waals surface area contributed by atoms with Gasteiger partial charge in [0.2, 0.25) is 0 Å². The molecule has 1 N–H and O–H groups in total. The maximum Gasteiger partial charge on any atom is 0.0613 e. The third-order valence-corrected chi connectivity index (χ3v) is 5.61. The van der Waals surface area contributed by atoms with E-state index in [0.29, 0.717) is 6.04 Å². The van der Waals surface area contributed by atoms with Crippen LogP contribution in [0.3, 0.4) is 0 Å². The molecule has 0 spiro atoms. The van der Waals surface area contributed by atoms with Crippen molar-refractivity contribution in [3.63, 3.8) is 0 Å². The Bertz CT molecular complexity index is 609. The SMILES string of the molecule is CSc1ccc(C(c2ccccc2Br)N2CCNCC2)cc1. The van der Waals surface area contributed by atoms with Crippen LogP contribution in [-0.2, 0) is 0 Å². The predicted octanol–water partition coefficient (Wildman–Crippen LogP) is 4.17. The average molecular weight is 377 g/mol. The highest BCUT2D eigenvalue weighted by Gasteiger charge is 2.25. The molecule has 0 saturated carbocycles. The number of hydrogen-bond acceptors (Lipinski definition) is 3. The summed E-state index contributed by atoms with van der Waals surface area (Å²) in [5.41, 5.74) is 2.72. The van der Waals surface area contributed by atoms with Gasteiger partial charge in [0.15, 0.2) is 0 Å². The van der Waals surface area contributed by atoms with Gasteiger partial charge >= 0.3 is 0 Å². The smallest absolute Gasteiger partial charge is 0.0613 e. The van der Waals surface area contributed by atoms with Crippen molar-refractivity contribution in [1.82, 2.24) is 10.2 Å². The summed E-state index contributed by atoms with van der Waals surface area (Å²) in [6, 6.07) is 17.9. The van der Waals surface area contributed by atoms with Crippen LogP contribution in [0.2, 0.25) is 0 Å². The highest BCUT2D eigenvalue weighted by molar-refractivity contribution is 9.10. The van der Waals surface area contributed by atoms with Crippen molar-refractivity contribution in [2.75, 3.05) is 32.4 Å². The minimum Gasteiger partial charge on any atom is -0.314 e. The van der Waals surface area contributed by atoms with Crippen LogP contribution in [0.25, 0.3) is 0 Å². The fourth-order valence-electron chi connectivity index (χ4n) is 3.01. The van der Waals surface area contributed by atoms with Gasteiger partial charge in [0, 0.05) is 35.5 Å². The molecular formula is C18H21BrN2S. The zero-order valence-corrected chi connectivity index (χ0v) is 15.2. The molecule has 2 aromatic rings. The monoisotopic (exact) mass is 376 g/mol. The highest BCUT2D eigenvalue weighted by Crippen LogP contribution is 2.34. The molecule has 0 aliphatic carbocycles. The fourth-order valence-corrected chi connectivity index (χ4v) is 3.92. The number of nitrogens with one attached hydrogen (secondary N) is 1. The zero-order chi connectivity index (χ0) is 15.4. The first-order valence-corrected chi connectivity index (χ1v) is 9.64. The molecule has 4 heteroatoms. The highest BCUT2D eigenvalue weighted by atomic mass is 79.9. The minimum absolute atomic E-state index is 0.314. The lowest BCUT2D eigenvalue weighted by Crippen LogP contribution is -2.45. The number of rotatable bonds is 4. The largest absolute Gasteiger partial charge is 0.314 e. The number of thioether (sulfide) groups is 1. The summed E-state index contributed by atoms with van der Waals surface area (Å²) in [6.07, 6.45) is 2.12. The van der Waals surface area contributed by atoms with E-state index in [-0.39, 0.29) is 0 Å². The third-order valence-electron chi connectivity index (χ3n) is 4.15. The molecular weight excluding hydrogens is 356 g/mol. The molecule has 2 nitrogen and oxygen atoms in total. The lowest BCUT2D eigenvalue weighted by Gasteiger charge is -2.36. The molecule has 0 radical (unpaired) electrons. The Labute approximate surface area is 145 Å². The van der Waals surface area contributed by atoms with Crippen LogP contribution in [0, 0.1) is 0 Å². The van der Waals surface area contributed by atoms with Crippen molar-refractivity contribution in [3.8, 4) is 0 Å². The maximum atomic E-state index is 3.74. The van der Waals surface area contributed by atoms with Gasteiger partial charge < -0.3 is 5.32 Å². The molecule has 1 unspecified atom stereocenters. The third kappa shape index (κ3) is 3.57. The molecule has 1 saturated heterocycles. The molecule has 2 aromatic carbocycles. The Morgan fingerprint density at radius 2 is 1.73 bits per heavy atom. The first-order valence-electron chi connectivity index (χ1n) is 7.63. The van der Waals surface area contributed by atoms with E-state index in [1.165, 1.54) is 20.5 Å². The quantitative estimate of drug-likeness (QED) is 0.806. The van der Waals surface area contributed by atoms with Gasteiger partial charge in [-0.15, -0.1) is 11.8 Å². The van der Waals surface area contributed by atoms with E-state index in [4.69, 9.17) is 0 Å². The van der Waals surface area contributed by atoms with E-state index in [9.17, 15) is 0 Å². The van der Waals surface area contributed by atoms with E-state index in [1.54, 1.807) is 11.8 Å². The van der Waals surface area contributed by atoms with E-state index < -0.39 is 0 Å². The predicted molar refractivity (Wildman–Crippen MR) is 98.7 cm³/mol. The van der Waals surface area contributed by atoms with Crippen molar-refractivity contribution in [2.24, 2.45) is 0 Å². The Balaban J connectivity index is 1.99. The molecule has 22 heavy (non-hydrogen) atoms. The second-order valence-corrected chi connectivity index (χ2v) is 7.22. The molecule has 116 valence electrons. The first kappa shape index (κ1) is 16.1. The maximum absolute atomic E-state index is 3.74. The summed E-state index contributed by atoms with van der Waals surface area (Å²) in [5.74, 6) is 0. The number of halogens is 1. The number of benzene rings is 2. The van der Waals surface area contributed by atoms with Crippen LogP contribution >= 0.6 is 27.7 Å². The van der Waals surface area contributed by atoms with Gasteiger partial charge in [-0.05, 0) is 35.6 Å². The summed E-state index contributed by atoms with van der Waals surface area (Å²) in [6.45, 7) is 4.28. The van der Waals surface area contributed by atoms with Crippen molar-refractivity contribution in [1.29, 1.82) is 0 Å². The number of hydrogen-bond donors (Lipinski definition) is 1. The van der Waals surface area contributed by atoms with Crippen LogP contribution in [0.1, 0.15) is 17.2 Å². The molecule has 0 bridgehead atoms. The van der Waals surface area contributed by atoms with Gasteiger partial charge in [-0.2, -0.15) is 0 Å². The second kappa shape index (κ2) is 7.64. The molecule has 0 aromatic heterocycles. The Morgan fingerprint density at radius 3 is 2.36 bits per heavy atom. The standard InChI is InChI=1S/C18H21BrN2S/c1-22-15-8-6-14(7-9-15)18(21-12-10-20-11-13-21)16-4-2-3-5-17(16)19/h2-9,18,20H,10-13H2,1H3. The average Bonchev–Trinajstić information content (AvgIpc) is 2.58. The molecule has 1 aliphatic heterocycles. The lowest BCUT2D eigenvalue weighted by molar-refractivity contribution is 0.198. The number of piperazine rings is 1. The van der Waals surface area contributed by atoms with Crippen LogP contribution in [0.15, 0.2) is 57.9 Å². The van der Waals surface area contributed by atoms with Gasteiger partial charge in [-0.1, -0.05) is 46.3 Å². The fraction of sp³-hybridized carbons (Fsp3) is 0.333. The number of nitrogens with zero attached hydrogens (tertiary/aromatic N) is 1. The van der Waals surface area contributed by atoms with Gasteiger partial charge in [-0.25, -0.2) is 0 Å². The van der Waals surface area contributed by atoms with Gasteiger partial charge in [0.1, 0.15) is 0 Å². The van der Waals surface area contributed by atoms with Crippen molar-refractivity contribution in [2.45, 2.75) is 10.9 Å². The lowest BCUT2D eigenvalue weighted by atomic mass is 9.96. The van der Waals surface area contributed by atoms with Crippen LogP contribution in [0.4, 0.5) is 0 Å². The molecule has 0 amide bonds. The Morgan fingerprint density at radius 1 is 1.05 bits per heavy atom. The minimum atomic E-state index is 0.314. The van der Waals surface area contributed by atoms with Crippen molar-refractivity contribution < 1.29 is 0 Å². The molecule has 1 atom stereocenters. The summed E-state index contributed by atoms with van der Waals surface area (Å²) in [4.78, 5) is 3.89. The zero-order valence-electron chi connectivity index (χ0n) is 12.8. The van der Waals surface area contributed by atoms with E-state index in [2.05, 4.69) is 80.9 Å². The summed E-state index contributed by atoms with van der Waals surface area (Å²) in [5, 5.41) is 3.45. The first-order chi connectivity index (χ1) is 10.8. The Hall–Kier alpha value is -0.810. The molecule has 1 aliphatic rings. The summed E-state index contributed by atoms with van der Waals surface area (Å²) in [7, 11) is 0. The molecule has 1 fully saturated rings. The van der Waals surface area contributed by atoms with Crippen LogP contribution in [-0.4, -0.2) is 37.3 Å². The van der Waals surface area contributed by atoms with E-state index >= 15 is 0 Å². The topological polar surface area (TPSA) is 15.3 Å². The molecule has 1 heterocycles. The van der Waals surface area contributed by atoms with Gasteiger partial charge in [-0.3, -0.25) is 4.90 Å². The van der Waals surface area contributed by atoms with Gasteiger partial charge in [0.25, 0.3) is 0 Å². The second-order valence-electron chi connectivity index (χ2n) is 5.48. The van der Waals surface area contributed by atoms with Crippen LogP contribution in [0.5, 0.6) is 0 Å². The van der Waals surface area contributed by atoms with Crippen LogP contribution < -0.4 is 5.32 Å². The summed E-state index contributed by atoms with van der Waals surface area (Å²) >= 11 is 5.53. The van der Waals surface area contributed by atoms with E-state index in [1.807, 2.05) is 0 Å². The van der Waals surface area contributed by atoms with Crippen molar-refractivity contribution in [3.05, 3.63) is 64.1 Å². The van der Waals surface area contributed by atoms with E-state index in [0.717, 1.165) is 26.2 Å².